The van der Waals surface area contributed by atoms with Gasteiger partial charge in [-0.3, -0.25) is 0 Å². The van der Waals surface area contributed by atoms with Gasteiger partial charge in [-0.25, -0.2) is 13.2 Å². The molecule has 0 radical (unpaired) electrons. The Morgan fingerprint density at radius 2 is 1.93 bits per heavy atom. The largest absolute Gasteiger partial charge is 0.490 e. The minimum atomic E-state index is -3.66. The van der Waals surface area contributed by atoms with E-state index in [-0.39, 0.29) is 23.8 Å². The number of ether oxygens (including phenoxy) is 3. The second-order valence-electron chi connectivity index (χ2n) is 7.42. The number of esters is 1. The molecule has 1 aliphatic rings. The van der Waals surface area contributed by atoms with Gasteiger partial charge in [-0.15, -0.1) is 0 Å². The number of carbonyl (C=O) groups excluding carboxylic acids is 1. The van der Waals surface area contributed by atoms with Crippen molar-refractivity contribution < 1.29 is 27.4 Å². The van der Waals surface area contributed by atoms with Crippen LogP contribution in [0.2, 0.25) is 0 Å². The molecular formula is C21H28N2O6S. The second-order valence-corrected chi connectivity index (χ2v) is 9.36. The van der Waals surface area contributed by atoms with E-state index in [1.165, 1.54) is 22.1 Å². The summed E-state index contributed by atoms with van der Waals surface area (Å²) in [5, 5.41) is 0. The maximum atomic E-state index is 12.6. The number of nitrogens with one attached hydrogen (secondary N) is 1. The molecule has 0 bridgehead atoms. The predicted molar refractivity (Wildman–Crippen MR) is 111 cm³/mol. The minimum absolute atomic E-state index is 0.0355. The fourth-order valence-electron chi connectivity index (χ4n) is 3.33. The van der Waals surface area contributed by atoms with Gasteiger partial charge in [0.1, 0.15) is 29.6 Å². The van der Waals surface area contributed by atoms with Gasteiger partial charge in [-0.2, -0.15) is 4.31 Å². The molecule has 1 aromatic heterocycles. The average Bonchev–Trinajstić information content (AvgIpc) is 3.23. The molecule has 1 aliphatic heterocycles. The molecule has 0 aliphatic carbocycles. The number of nitrogens with zero attached hydrogens (tertiary/aromatic N) is 1. The number of hydrogen-bond acceptors (Lipinski definition) is 6. The SMILES string of the molecule is Cc1cc(OCCOC(=O)c2cc(S(=O)(=O)N3CCOCC3)c[nH]2)ccc1C(C)C. The van der Waals surface area contributed by atoms with Crippen LogP contribution >= 0.6 is 0 Å². The Kier molecular flexibility index (Phi) is 7.17. The fourth-order valence-corrected chi connectivity index (χ4v) is 4.74. The summed E-state index contributed by atoms with van der Waals surface area (Å²) in [4.78, 5) is 14.9. The number of sulfonamides is 1. The van der Waals surface area contributed by atoms with Crippen LogP contribution in [0.15, 0.2) is 35.4 Å². The molecule has 9 heteroatoms. The topological polar surface area (TPSA) is 97.9 Å². The number of aryl methyl sites for hydroxylation is 1. The Labute approximate surface area is 177 Å². The molecule has 1 fully saturated rings. The highest BCUT2D eigenvalue weighted by atomic mass is 32.2. The van der Waals surface area contributed by atoms with Gasteiger partial charge in [0.2, 0.25) is 10.0 Å². The van der Waals surface area contributed by atoms with Crippen molar-refractivity contribution in [3.63, 3.8) is 0 Å². The predicted octanol–water partition coefficient (Wildman–Crippen LogP) is 2.70. The lowest BCUT2D eigenvalue weighted by atomic mass is 9.98. The average molecular weight is 437 g/mol. The normalized spacial score (nSPS) is 15.3. The number of aromatic amines is 1. The third kappa shape index (κ3) is 5.21. The number of aromatic nitrogens is 1. The van der Waals surface area contributed by atoms with Crippen LogP contribution in [0.4, 0.5) is 0 Å². The highest BCUT2D eigenvalue weighted by Gasteiger charge is 2.28. The van der Waals surface area contributed by atoms with E-state index in [4.69, 9.17) is 14.2 Å². The van der Waals surface area contributed by atoms with Crippen LogP contribution in [0, 0.1) is 6.92 Å². The second kappa shape index (κ2) is 9.63. The van der Waals surface area contributed by atoms with Crippen molar-refractivity contribution in [1.82, 2.24) is 9.29 Å². The first kappa shape index (κ1) is 22.3. The van der Waals surface area contributed by atoms with E-state index in [1.54, 1.807) is 0 Å². The lowest BCUT2D eigenvalue weighted by molar-refractivity contribution is 0.0444. The van der Waals surface area contributed by atoms with Crippen LogP contribution in [0.3, 0.4) is 0 Å². The summed E-state index contributed by atoms with van der Waals surface area (Å²) in [5.74, 6) is 0.526. The van der Waals surface area contributed by atoms with Gasteiger partial charge < -0.3 is 19.2 Å². The molecule has 164 valence electrons. The lowest BCUT2D eigenvalue weighted by Gasteiger charge is -2.25. The number of morpholine rings is 1. The van der Waals surface area contributed by atoms with Crippen LogP contribution in [0.1, 0.15) is 41.4 Å². The molecule has 0 amide bonds. The molecule has 1 N–H and O–H groups in total. The first-order chi connectivity index (χ1) is 14.3. The Morgan fingerprint density at radius 1 is 1.20 bits per heavy atom. The van der Waals surface area contributed by atoms with E-state index in [2.05, 4.69) is 18.8 Å². The summed E-state index contributed by atoms with van der Waals surface area (Å²) in [6.45, 7) is 7.87. The van der Waals surface area contributed by atoms with Gasteiger partial charge in [0.15, 0.2) is 0 Å². The molecule has 3 rings (SSSR count). The smallest absolute Gasteiger partial charge is 0.354 e. The molecule has 0 spiro atoms. The van der Waals surface area contributed by atoms with E-state index in [0.29, 0.717) is 38.0 Å². The molecule has 0 unspecified atom stereocenters. The van der Waals surface area contributed by atoms with Crippen LogP contribution in [0.5, 0.6) is 5.75 Å². The molecule has 1 aromatic carbocycles. The van der Waals surface area contributed by atoms with Crippen molar-refractivity contribution in [2.75, 3.05) is 39.5 Å². The quantitative estimate of drug-likeness (QED) is 0.505. The maximum Gasteiger partial charge on any atom is 0.354 e. The van der Waals surface area contributed by atoms with Crippen molar-refractivity contribution >= 4 is 16.0 Å². The zero-order valence-electron chi connectivity index (χ0n) is 17.5. The number of benzene rings is 1. The zero-order valence-corrected chi connectivity index (χ0v) is 18.3. The zero-order chi connectivity index (χ0) is 21.7. The molecule has 1 saturated heterocycles. The van der Waals surface area contributed by atoms with Gasteiger partial charge in [0, 0.05) is 19.3 Å². The van der Waals surface area contributed by atoms with Crippen molar-refractivity contribution in [3.8, 4) is 5.75 Å². The van der Waals surface area contributed by atoms with Gasteiger partial charge in [0.05, 0.1) is 13.2 Å². The highest BCUT2D eigenvalue weighted by Crippen LogP contribution is 2.23. The van der Waals surface area contributed by atoms with Crippen molar-refractivity contribution in [1.29, 1.82) is 0 Å². The number of H-pyrrole nitrogens is 1. The standard InChI is InChI=1S/C21H28N2O6S/c1-15(2)19-5-4-17(12-16(19)3)28-10-11-29-21(24)20-13-18(14-22-20)30(25,26)23-6-8-27-9-7-23/h4-5,12-15,22H,6-11H2,1-3H3. The van der Waals surface area contributed by atoms with E-state index in [1.807, 2.05) is 25.1 Å². The third-order valence-corrected chi connectivity index (χ3v) is 6.81. The van der Waals surface area contributed by atoms with Crippen molar-refractivity contribution in [2.24, 2.45) is 0 Å². The molecular weight excluding hydrogens is 408 g/mol. The molecule has 30 heavy (non-hydrogen) atoms. The Hall–Kier alpha value is -2.36. The van der Waals surface area contributed by atoms with Gasteiger partial charge >= 0.3 is 5.97 Å². The molecule has 8 nitrogen and oxygen atoms in total. The van der Waals surface area contributed by atoms with Gasteiger partial charge in [-0.05, 0) is 42.2 Å². The first-order valence-electron chi connectivity index (χ1n) is 9.96. The monoisotopic (exact) mass is 436 g/mol. The van der Waals surface area contributed by atoms with E-state index < -0.39 is 16.0 Å². The Balaban J connectivity index is 1.50. The fraction of sp³-hybridized carbons (Fsp3) is 0.476. The molecule has 2 aromatic rings. The first-order valence-corrected chi connectivity index (χ1v) is 11.4. The third-order valence-electron chi connectivity index (χ3n) is 4.93. The van der Waals surface area contributed by atoms with Crippen molar-refractivity contribution in [3.05, 3.63) is 47.3 Å². The summed E-state index contributed by atoms with van der Waals surface area (Å²) < 4.78 is 42.6. The summed E-state index contributed by atoms with van der Waals surface area (Å²) in [7, 11) is -3.66. The summed E-state index contributed by atoms with van der Waals surface area (Å²) in [5.41, 5.74) is 2.50. The number of hydrogen-bond donors (Lipinski definition) is 1. The molecule has 0 atom stereocenters. The van der Waals surface area contributed by atoms with E-state index in [0.717, 1.165) is 5.56 Å². The van der Waals surface area contributed by atoms with E-state index in [9.17, 15) is 13.2 Å². The Bertz CT molecular complexity index is 977. The summed E-state index contributed by atoms with van der Waals surface area (Å²) >= 11 is 0. The summed E-state index contributed by atoms with van der Waals surface area (Å²) in [6.07, 6.45) is 1.30. The van der Waals surface area contributed by atoms with Crippen LogP contribution in [-0.2, 0) is 19.5 Å². The van der Waals surface area contributed by atoms with Gasteiger partial charge in [0.25, 0.3) is 0 Å². The van der Waals surface area contributed by atoms with Crippen LogP contribution < -0.4 is 4.74 Å². The number of rotatable bonds is 8. The van der Waals surface area contributed by atoms with Crippen molar-refractivity contribution in [2.45, 2.75) is 31.6 Å². The van der Waals surface area contributed by atoms with Crippen LogP contribution in [0.25, 0.3) is 0 Å². The van der Waals surface area contributed by atoms with Gasteiger partial charge in [-0.1, -0.05) is 19.9 Å². The summed E-state index contributed by atoms with van der Waals surface area (Å²) in [6, 6.07) is 7.20. The lowest BCUT2D eigenvalue weighted by Crippen LogP contribution is -2.40. The van der Waals surface area contributed by atoms with Crippen LogP contribution in [-0.4, -0.2) is 63.2 Å². The minimum Gasteiger partial charge on any atom is -0.490 e. The van der Waals surface area contributed by atoms with E-state index >= 15 is 0 Å². The molecule has 0 saturated carbocycles. The highest BCUT2D eigenvalue weighted by molar-refractivity contribution is 7.89. The number of carbonyl (C=O) groups is 1. The maximum absolute atomic E-state index is 12.6. The Morgan fingerprint density at radius 3 is 2.60 bits per heavy atom. The molecule has 2 heterocycles.